The summed E-state index contributed by atoms with van der Waals surface area (Å²) in [6.07, 6.45) is 4.18. The topological polar surface area (TPSA) is 26.0 Å². The molecule has 0 spiro atoms. The molecule has 1 nitrogen and oxygen atoms in total. The van der Waals surface area contributed by atoms with Crippen LogP contribution in [-0.4, -0.2) is 5.54 Å². The van der Waals surface area contributed by atoms with Gasteiger partial charge < -0.3 is 5.73 Å². The van der Waals surface area contributed by atoms with Crippen molar-refractivity contribution in [3.8, 4) is 0 Å². The summed E-state index contributed by atoms with van der Waals surface area (Å²) in [5.74, 6) is -0.112. The molecule has 3 heteroatoms. The minimum atomic E-state index is -0.112. The molecule has 2 fully saturated rings. The Hall–Kier alpha value is -0.410. The Morgan fingerprint density at radius 1 is 1.20 bits per heavy atom. The summed E-state index contributed by atoms with van der Waals surface area (Å²) in [6.45, 7) is 0. The quantitative estimate of drug-likeness (QED) is 0.878. The van der Waals surface area contributed by atoms with E-state index in [-0.39, 0.29) is 16.8 Å². The SMILES string of the molecule is NC1(C2(c3ccc(Br)cc3F)CC2)CC1. The van der Waals surface area contributed by atoms with Gasteiger partial charge >= 0.3 is 0 Å². The fourth-order valence-electron chi connectivity index (χ4n) is 2.65. The minimum absolute atomic E-state index is 0.0439. The Bertz CT molecular complexity index is 422. The second-order valence-corrected chi connectivity index (χ2v) is 5.78. The van der Waals surface area contributed by atoms with Crippen molar-refractivity contribution in [1.82, 2.24) is 0 Å². The van der Waals surface area contributed by atoms with E-state index in [4.69, 9.17) is 5.73 Å². The van der Waals surface area contributed by atoms with Gasteiger partial charge in [0.25, 0.3) is 0 Å². The van der Waals surface area contributed by atoms with Crippen molar-refractivity contribution in [2.24, 2.45) is 5.73 Å². The largest absolute Gasteiger partial charge is 0.324 e. The van der Waals surface area contributed by atoms with Crippen molar-refractivity contribution in [2.45, 2.75) is 36.6 Å². The summed E-state index contributed by atoms with van der Waals surface area (Å²) in [4.78, 5) is 0. The monoisotopic (exact) mass is 269 g/mol. The summed E-state index contributed by atoms with van der Waals surface area (Å²) in [7, 11) is 0. The van der Waals surface area contributed by atoms with E-state index in [0.717, 1.165) is 35.7 Å². The summed E-state index contributed by atoms with van der Waals surface area (Å²) >= 11 is 3.28. The van der Waals surface area contributed by atoms with Crippen molar-refractivity contribution >= 4 is 15.9 Å². The molecule has 0 radical (unpaired) electrons. The lowest BCUT2D eigenvalue weighted by Gasteiger charge is -2.23. The highest BCUT2D eigenvalue weighted by molar-refractivity contribution is 9.10. The molecule has 0 saturated heterocycles. The minimum Gasteiger partial charge on any atom is -0.324 e. The maximum atomic E-state index is 13.9. The van der Waals surface area contributed by atoms with E-state index in [1.165, 1.54) is 0 Å². The van der Waals surface area contributed by atoms with Crippen molar-refractivity contribution in [2.75, 3.05) is 0 Å². The zero-order valence-electron chi connectivity index (χ0n) is 8.39. The van der Waals surface area contributed by atoms with Crippen LogP contribution < -0.4 is 5.73 Å². The second-order valence-electron chi connectivity index (χ2n) is 4.86. The fourth-order valence-corrected chi connectivity index (χ4v) is 2.98. The first-order valence-corrected chi connectivity index (χ1v) is 6.11. The van der Waals surface area contributed by atoms with Crippen LogP contribution in [0, 0.1) is 5.82 Å². The number of nitrogens with two attached hydrogens (primary N) is 1. The lowest BCUT2D eigenvalue weighted by atomic mass is 9.86. The van der Waals surface area contributed by atoms with E-state index in [2.05, 4.69) is 15.9 Å². The summed E-state index contributed by atoms with van der Waals surface area (Å²) < 4.78 is 14.7. The van der Waals surface area contributed by atoms with Crippen molar-refractivity contribution in [3.05, 3.63) is 34.1 Å². The second kappa shape index (κ2) is 2.83. The van der Waals surface area contributed by atoms with Gasteiger partial charge in [-0.1, -0.05) is 22.0 Å². The Labute approximate surface area is 97.0 Å². The molecule has 0 unspecified atom stereocenters. The molecule has 1 aromatic rings. The highest BCUT2D eigenvalue weighted by Gasteiger charge is 2.64. The van der Waals surface area contributed by atoms with E-state index in [1.54, 1.807) is 6.07 Å². The lowest BCUT2D eigenvalue weighted by molar-refractivity contribution is 0.473. The van der Waals surface area contributed by atoms with Crippen LogP contribution in [0.2, 0.25) is 0 Å². The van der Waals surface area contributed by atoms with E-state index in [0.29, 0.717) is 0 Å². The van der Waals surface area contributed by atoms with Gasteiger partial charge in [-0.25, -0.2) is 4.39 Å². The number of halogens is 2. The first kappa shape index (κ1) is 9.79. The highest BCUT2D eigenvalue weighted by atomic mass is 79.9. The fraction of sp³-hybridized carbons (Fsp3) is 0.500. The van der Waals surface area contributed by atoms with Crippen LogP contribution in [0.3, 0.4) is 0 Å². The summed E-state index contributed by atoms with van der Waals surface area (Å²) in [6, 6.07) is 5.34. The molecule has 0 heterocycles. The molecular formula is C12H13BrFN. The summed E-state index contributed by atoms with van der Waals surface area (Å²) in [5, 5.41) is 0. The third-order valence-electron chi connectivity index (χ3n) is 3.94. The third-order valence-corrected chi connectivity index (χ3v) is 4.43. The Balaban J connectivity index is 2.06. The third kappa shape index (κ3) is 1.29. The van der Waals surface area contributed by atoms with Crippen molar-refractivity contribution in [3.63, 3.8) is 0 Å². The molecule has 0 atom stereocenters. The molecule has 15 heavy (non-hydrogen) atoms. The van der Waals surface area contributed by atoms with Gasteiger partial charge in [0, 0.05) is 15.4 Å². The average molecular weight is 270 g/mol. The van der Waals surface area contributed by atoms with Crippen LogP contribution in [0.15, 0.2) is 22.7 Å². The van der Waals surface area contributed by atoms with Gasteiger partial charge in [0.2, 0.25) is 0 Å². The van der Waals surface area contributed by atoms with Gasteiger partial charge in [0.1, 0.15) is 5.82 Å². The Morgan fingerprint density at radius 2 is 1.87 bits per heavy atom. The smallest absolute Gasteiger partial charge is 0.128 e. The molecule has 3 rings (SSSR count). The van der Waals surface area contributed by atoms with Crippen LogP contribution in [0.5, 0.6) is 0 Å². The molecule has 2 saturated carbocycles. The molecule has 80 valence electrons. The molecule has 2 N–H and O–H groups in total. The Kier molecular flexibility index (Phi) is 1.85. The number of benzene rings is 1. The van der Waals surface area contributed by atoms with E-state index in [1.807, 2.05) is 12.1 Å². The molecule has 0 bridgehead atoms. The average Bonchev–Trinajstić information content (AvgIpc) is 3.01. The summed E-state index contributed by atoms with van der Waals surface area (Å²) in [5.41, 5.74) is 6.92. The van der Waals surface area contributed by atoms with E-state index < -0.39 is 0 Å². The van der Waals surface area contributed by atoms with Crippen LogP contribution >= 0.6 is 15.9 Å². The lowest BCUT2D eigenvalue weighted by Crippen LogP contribution is -2.37. The van der Waals surface area contributed by atoms with E-state index >= 15 is 0 Å². The Morgan fingerprint density at radius 3 is 2.33 bits per heavy atom. The van der Waals surface area contributed by atoms with Crippen LogP contribution in [-0.2, 0) is 5.41 Å². The molecule has 0 aromatic heterocycles. The zero-order valence-corrected chi connectivity index (χ0v) is 9.98. The van der Waals surface area contributed by atoms with Gasteiger partial charge in [-0.15, -0.1) is 0 Å². The molecule has 0 amide bonds. The highest BCUT2D eigenvalue weighted by Crippen LogP contribution is 2.64. The first-order valence-electron chi connectivity index (χ1n) is 5.32. The van der Waals surface area contributed by atoms with Gasteiger partial charge in [-0.2, -0.15) is 0 Å². The van der Waals surface area contributed by atoms with Crippen molar-refractivity contribution in [1.29, 1.82) is 0 Å². The normalized spacial score (nSPS) is 25.0. The van der Waals surface area contributed by atoms with Gasteiger partial charge in [0.05, 0.1) is 0 Å². The van der Waals surface area contributed by atoms with Crippen LogP contribution in [0.1, 0.15) is 31.2 Å². The van der Waals surface area contributed by atoms with E-state index in [9.17, 15) is 4.39 Å². The van der Waals surface area contributed by atoms with Crippen molar-refractivity contribution < 1.29 is 4.39 Å². The molecular weight excluding hydrogens is 257 g/mol. The predicted molar refractivity (Wildman–Crippen MR) is 61.2 cm³/mol. The standard InChI is InChI=1S/C12H13BrFN/c13-8-1-2-9(10(14)7-8)11(3-4-11)12(15)5-6-12/h1-2,7H,3-6,15H2. The zero-order chi connectivity index (χ0) is 10.7. The number of hydrogen-bond donors (Lipinski definition) is 1. The van der Waals surface area contributed by atoms with Gasteiger partial charge in [0.15, 0.2) is 0 Å². The molecule has 2 aliphatic rings. The first-order chi connectivity index (χ1) is 7.07. The predicted octanol–water partition coefficient (Wildman–Crippen LogP) is 3.11. The molecule has 2 aliphatic carbocycles. The van der Waals surface area contributed by atoms with Crippen LogP contribution in [0.25, 0.3) is 0 Å². The maximum absolute atomic E-state index is 13.9. The molecule has 1 aromatic carbocycles. The van der Waals surface area contributed by atoms with Crippen LogP contribution in [0.4, 0.5) is 4.39 Å². The maximum Gasteiger partial charge on any atom is 0.128 e. The molecule has 0 aliphatic heterocycles. The van der Waals surface area contributed by atoms with Gasteiger partial charge in [-0.05, 0) is 43.4 Å². The number of hydrogen-bond acceptors (Lipinski definition) is 1. The van der Waals surface area contributed by atoms with Gasteiger partial charge in [-0.3, -0.25) is 0 Å². The number of rotatable bonds is 2.